The van der Waals surface area contributed by atoms with E-state index in [4.69, 9.17) is 0 Å². The van der Waals surface area contributed by atoms with Gasteiger partial charge in [0, 0.05) is 23.6 Å². The lowest BCUT2D eigenvalue weighted by Gasteiger charge is -2.33. The summed E-state index contributed by atoms with van der Waals surface area (Å²) in [5.74, 6) is 0. The van der Waals surface area contributed by atoms with Crippen molar-refractivity contribution in [3.8, 4) is 0 Å². The van der Waals surface area contributed by atoms with Crippen LogP contribution in [0.3, 0.4) is 0 Å². The number of aryl methyl sites for hydroxylation is 1. The van der Waals surface area contributed by atoms with Gasteiger partial charge in [0.1, 0.15) is 0 Å². The fourth-order valence-electron chi connectivity index (χ4n) is 2.31. The molecule has 0 spiro atoms. The van der Waals surface area contributed by atoms with Gasteiger partial charge in [0.15, 0.2) is 0 Å². The van der Waals surface area contributed by atoms with E-state index in [-0.39, 0.29) is 0 Å². The van der Waals surface area contributed by atoms with Crippen LogP contribution < -0.4 is 0 Å². The average molecular weight is 285 g/mol. The van der Waals surface area contributed by atoms with Gasteiger partial charge in [-0.05, 0) is 18.6 Å². The lowest BCUT2D eigenvalue weighted by Crippen LogP contribution is -2.44. The zero-order valence-electron chi connectivity index (χ0n) is 11.0. The summed E-state index contributed by atoms with van der Waals surface area (Å²) in [6, 6.07) is 7.19. The van der Waals surface area contributed by atoms with E-state index in [1.807, 2.05) is 30.8 Å². The molecule has 2 rings (SSSR count). The normalized spacial score (nSPS) is 26.2. The van der Waals surface area contributed by atoms with E-state index in [1.54, 1.807) is 16.4 Å². The minimum atomic E-state index is -3.34. The van der Waals surface area contributed by atoms with Gasteiger partial charge in [-0.1, -0.05) is 32.0 Å². The molecule has 18 heavy (non-hydrogen) atoms. The highest BCUT2D eigenvalue weighted by atomic mass is 32.2. The van der Waals surface area contributed by atoms with Gasteiger partial charge in [0.25, 0.3) is 0 Å². The van der Waals surface area contributed by atoms with Crippen molar-refractivity contribution in [2.45, 2.75) is 36.2 Å². The molecule has 0 saturated carbocycles. The molecular formula is C13H19NO2S2. The first kappa shape index (κ1) is 13.9. The van der Waals surface area contributed by atoms with E-state index in [0.717, 1.165) is 5.56 Å². The molecule has 1 aliphatic heterocycles. The lowest BCUT2D eigenvalue weighted by molar-refractivity contribution is 0.404. The second-order valence-electron chi connectivity index (χ2n) is 4.84. The third kappa shape index (κ3) is 2.73. The molecule has 0 radical (unpaired) electrons. The number of nitrogens with zero attached hydrogens (tertiary/aromatic N) is 1. The Hall–Kier alpha value is -0.520. The minimum Gasteiger partial charge on any atom is -0.207 e. The first-order valence-electron chi connectivity index (χ1n) is 6.12. The molecule has 0 N–H and O–H groups in total. The Labute approximate surface area is 114 Å². The monoisotopic (exact) mass is 285 g/mol. The molecule has 1 aromatic carbocycles. The second-order valence-corrected chi connectivity index (χ2v) is 8.63. The molecule has 2 unspecified atom stereocenters. The third-order valence-electron chi connectivity index (χ3n) is 3.10. The minimum absolute atomic E-state index is 0.354. The zero-order chi connectivity index (χ0) is 13.3. The predicted octanol–water partition coefficient (Wildman–Crippen LogP) is 2.51. The number of sulfonamides is 1. The van der Waals surface area contributed by atoms with Gasteiger partial charge < -0.3 is 0 Å². The van der Waals surface area contributed by atoms with Crippen LogP contribution in [0.25, 0.3) is 0 Å². The second kappa shape index (κ2) is 5.23. The van der Waals surface area contributed by atoms with Crippen LogP contribution in [0.5, 0.6) is 0 Å². The van der Waals surface area contributed by atoms with E-state index >= 15 is 0 Å². The molecule has 2 atom stereocenters. The summed E-state index contributed by atoms with van der Waals surface area (Å²) >= 11 is 1.85. The largest absolute Gasteiger partial charge is 0.243 e. The summed E-state index contributed by atoms with van der Waals surface area (Å²) in [4.78, 5) is 0.441. The molecule has 100 valence electrons. The van der Waals surface area contributed by atoms with Crippen molar-refractivity contribution in [3.63, 3.8) is 0 Å². The van der Waals surface area contributed by atoms with E-state index < -0.39 is 10.0 Å². The van der Waals surface area contributed by atoms with Crippen LogP contribution in [0.4, 0.5) is 0 Å². The number of benzene rings is 1. The van der Waals surface area contributed by atoms with Crippen molar-refractivity contribution < 1.29 is 8.42 Å². The molecule has 3 nitrogen and oxygen atoms in total. The maximum atomic E-state index is 12.6. The SMILES string of the molecule is Cc1ccccc1S(=O)(=O)N1CC(C)SC(C)C1. The smallest absolute Gasteiger partial charge is 0.207 e. The highest BCUT2D eigenvalue weighted by Crippen LogP contribution is 2.29. The number of thioether (sulfide) groups is 1. The first-order chi connectivity index (χ1) is 8.41. The number of hydrogen-bond donors (Lipinski definition) is 0. The van der Waals surface area contributed by atoms with Crippen LogP contribution in [0, 0.1) is 6.92 Å². The molecule has 1 fully saturated rings. The molecule has 1 aromatic rings. The van der Waals surface area contributed by atoms with Crippen molar-refractivity contribution in [2.24, 2.45) is 0 Å². The van der Waals surface area contributed by atoms with Gasteiger partial charge in [-0.15, -0.1) is 0 Å². The van der Waals surface area contributed by atoms with Crippen LogP contribution in [0.1, 0.15) is 19.4 Å². The molecule has 0 amide bonds. The first-order valence-corrected chi connectivity index (χ1v) is 8.51. The Balaban J connectivity index is 2.34. The molecule has 0 bridgehead atoms. The highest BCUT2D eigenvalue weighted by molar-refractivity contribution is 8.00. The predicted molar refractivity (Wildman–Crippen MR) is 76.5 cm³/mol. The van der Waals surface area contributed by atoms with Crippen molar-refractivity contribution in [3.05, 3.63) is 29.8 Å². The van der Waals surface area contributed by atoms with Gasteiger partial charge in [-0.3, -0.25) is 0 Å². The number of rotatable bonds is 2. The van der Waals surface area contributed by atoms with Gasteiger partial charge in [0.05, 0.1) is 4.90 Å². The molecule has 1 aliphatic rings. The zero-order valence-corrected chi connectivity index (χ0v) is 12.6. The van der Waals surface area contributed by atoms with Gasteiger partial charge in [0.2, 0.25) is 10.0 Å². The maximum Gasteiger partial charge on any atom is 0.243 e. The summed E-state index contributed by atoms with van der Waals surface area (Å²) in [5.41, 5.74) is 0.816. The van der Waals surface area contributed by atoms with Crippen LogP contribution in [0.15, 0.2) is 29.2 Å². The molecule has 5 heteroatoms. The highest BCUT2D eigenvalue weighted by Gasteiger charge is 2.32. The number of hydrogen-bond acceptors (Lipinski definition) is 3. The lowest BCUT2D eigenvalue weighted by atomic mass is 10.2. The fraction of sp³-hybridized carbons (Fsp3) is 0.538. The Morgan fingerprint density at radius 3 is 2.28 bits per heavy atom. The summed E-state index contributed by atoms with van der Waals surface area (Å²) in [7, 11) is -3.34. The summed E-state index contributed by atoms with van der Waals surface area (Å²) in [5, 5.41) is 0.708. The summed E-state index contributed by atoms with van der Waals surface area (Å²) in [6.45, 7) is 7.22. The molecule has 0 aliphatic carbocycles. The van der Waals surface area contributed by atoms with Gasteiger partial charge in [-0.2, -0.15) is 16.1 Å². The molecule has 0 aromatic heterocycles. The fourth-order valence-corrected chi connectivity index (χ4v) is 5.67. The molecule has 1 heterocycles. The van der Waals surface area contributed by atoms with Crippen molar-refractivity contribution in [1.29, 1.82) is 0 Å². The van der Waals surface area contributed by atoms with Gasteiger partial charge in [-0.25, -0.2) is 8.42 Å². The van der Waals surface area contributed by atoms with Crippen molar-refractivity contribution in [1.82, 2.24) is 4.31 Å². The van der Waals surface area contributed by atoms with Crippen LogP contribution in [-0.4, -0.2) is 36.3 Å². The standard InChI is InChI=1S/C13H19NO2S2/c1-10-6-4-5-7-13(10)18(15,16)14-8-11(2)17-12(3)9-14/h4-7,11-12H,8-9H2,1-3H3. The Bertz CT molecular complexity index is 518. The van der Waals surface area contributed by atoms with Crippen LogP contribution >= 0.6 is 11.8 Å². The van der Waals surface area contributed by atoms with E-state index in [0.29, 0.717) is 28.5 Å². The average Bonchev–Trinajstić information content (AvgIpc) is 2.28. The van der Waals surface area contributed by atoms with E-state index in [9.17, 15) is 8.42 Å². The van der Waals surface area contributed by atoms with Gasteiger partial charge >= 0.3 is 0 Å². The third-order valence-corrected chi connectivity index (χ3v) is 6.32. The Kier molecular flexibility index (Phi) is 4.04. The Morgan fingerprint density at radius 1 is 1.17 bits per heavy atom. The van der Waals surface area contributed by atoms with Crippen LogP contribution in [0.2, 0.25) is 0 Å². The Morgan fingerprint density at radius 2 is 1.72 bits per heavy atom. The summed E-state index contributed by atoms with van der Waals surface area (Å²) < 4.78 is 26.9. The van der Waals surface area contributed by atoms with E-state index in [1.165, 1.54) is 0 Å². The van der Waals surface area contributed by atoms with Crippen molar-refractivity contribution >= 4 is 21.8 Å². The maximum absolute atomic E-state index is 12.6. The molecular weight excluding hydrogens is 266 g/mol. The van der Waals surface area contributed by atoms with E-state index in [2.05, 4.69) is 13.8 Å². The van der Waals surface area contributed by atoms with Crippen LogP contribution in [-0.2, 0) is 10.0 Å². The topological polar surface area (TPSA) is 37.4 Å². The summed E-state index contributed by atoms with van der Waals surface area (Å²) in [6.07, 6.45) is 0. The quantitative estimate of drug-likeness (QED) is 0.838. The van der Waals surface area contributed by atoms with Crippen molar-refractivity contribution in [2.75, 3.05) is 13.1 Å². The molecule has 1 saturated heterocycles.